The number of alkyl halides is 1. The molecule has 0 radical (unpaired) electrons. The zero-order valence-corrected chi connectivity index (χ0v) is 10.3. The van der Waals surface area contributed by atoms with E-state index >= 15 is 0 Å². The fraction of sp³-hybridized carbons (Fsp3) is 0.556. The maximum absolute atomic E-state index is 11.5. The predicted octanol–water partition coefficient (Wildman–Crippen LogP) is -0.813. The van der Waals surface area contributed by atoms with E-state index in [2.05, 4.69) is 20.9 Å². The Labute approximate surface area is 105 Å². The van der Waals surface area contributed by atoms with Crippen molar-refractivity contribution in [1.82, 2.24) is 9.55 Å². The Bertz CT molecular complexity index is 464. The summed E-state index contributed by atoms with van der Waals surface area (Å²) >= 11 is 2.92. The van der Waals surface area contributed by atoms with Gasteiger partial charge in [0.15, 0.2) is 0 Å². The van der Waals surface area contributed by atoms with Gasteiger partial charge in [-0.05, 0) is 6.07 Å². The zero-order valence-electron chi connectivity index (χ0n) is 8.73. The molecule has 1 aromatic rings. The highest BCUT2D eigenvalue weighted by atomic mass is 79.9. The fourth-order valence-corrected chi connectivity index (χ4v) is 2.22. The molecule has 4 atom stereocenters. The summed E-state index contributed by atoms with van der Waals surface area (Å²) < 4.78 is 6.61. The van der Waals surface area contributed by atoms with Crippen LogP contribution in [0.3, 0.4) is 0 Å². The molecule has 94 valence electrons. The number of nitrogen functional groups attached to an aromatic ring is 1. The molecule has 2 unspecified atom stereocenters. The van der Waals surface area contributed by atoms with E-state index in [0.29, 0.717) is 0 Å². The molecule has 1 aromatic heterocycles. The maximum atomic E-state index is 11.5. The van der Waals surface area contributed by atoms with Crippen molar-refractivity contribution >= 4 is 21.7 Å². The molecule has 1 aliphatic heterocycles. The molecule has 0 spiro atoms. The van der Waals surface area contributed by atoms with Crippen LogP contribution in [0.15, 0.2) is 17.1 Å². The first kappa shape index (κ1) is 12.5. The molecular weight excluding hydrogens is 294 g/mol. The third kappa shape index (κ3) is 2.49. The molecule has 1 aliphatic rings. The summed E-state index contributed by atoms with van der Waals surface area (Å²) in [6.07, 6.45) is -0.616. The Kier molecular flexibility index (Phi) is 3.48. The van der Waals surface area contributed by atoms with Crippen LogP contribution in [0.1, 0.15) is 12.6 Å². The number of hydrogen-bond acceptors (Lipinski definition) is 6. The molecule has 0 bridgehead atoms. The van der Waals surface area contributed by atoms with E-state index in [4.69, 9.17) is 10.5 Å². The van der Waals surface area contributed by atoms with Crippen LogP contribution < -0.4 is 11.4 Å². The van der Waals surface area contributed by atoms with Crippen molar-refractivity contribution in [3.05, 3.63) is 22.7 Å². The third-order valence-electron chi connectivity index (χ3n) is 2.57. The second kappa shape index (κ2) is 4.73. The van der Waals surface area contributed by atoms with Gasteiger partial charge in [0.25, 0.3) is 0 Å². The zero-order chi connectivity index (χ0) is 12.6. The van der Waals surface area contributed by atoms with Crippen LogP contribution in [0.4, 0.5) is 5.82 Å². The Hall–Kier alpha value is -0.960. The van der Waals surface area contributed by atoms with E-state index in [1.807, 2.05) is 0 Å². The molecule has 0 aromatic carbocycles. The molecule has 0 aliphatic carbocycles. The van der Waals surface area contributed by atoms with Crippen molar-refractivity contribution in [3.63, 3.8) is 0 Å². The van der Waals surface area contributed by atoms with Gasteiger partial charge in [-0.25, -0.2) is 4.79 Å². The summed E-state index contributed by atoms with van der Waals surface area (Å²) in [4.78, 5) is 15.1. The van der Waals surface area contributed by atoms with Crippen LogP contribution in [0.2, 0.25) is 0 Å². The van der Waals surface area contributed by atoms with Gasteiger partial charge in [0.2, 0.25) is 0 Å². The Morgan fingerprint density at radius 2 is 2.41 bits per heavy atom. The second-order valence-electron chi connectivity index (χ2n) is 3.77. The average molecular weight is 306 g/mol. The number of anilines is 1. The largest absolute Gasteiger partial charge is 0.390 e. The SMILES string of the molecule is Nc1ccn(C2C[C@H](O)[C@@H](C(O)Br)O2)c(=O)n1. The van der Waals surface area contributed by atoms with Gasteiger partial charge in [0.05, 0.1) is 6.10 Å². The van der Waals surface area contributed by atoms with Gasteiger partial charge in [-0.15, -0.1) is 0 Å². The van der Waals surface area contributed by atoms with Gasteiger partial charge in [0, 0.05) is 12.6 Å². The molecule has 8 heteroatoms. The lowest BCUT2D eigenvalue weighted by molar-refractivity contribution is -0.0543. The van der Waals surface area contributed by atoms with Crippen LogP contribution in [0, 0.1) is 0 Å². The van der Waals surface area contributed by atoms with E-state index in [-0.39, 0.29) is 12.2 Å². The highest BCUT2D eigenvalue weighted by Gasteiger charge is 2.38. The van der Waals surface area contributed by atoms with Crippen molar-refractivity contribution in [1.29, 1.82) is 0 Å². The summed E-state index contributed by atoms with van der Waals surface area (Å²) in [5.41, 5.74) is 4.82. The first-order valence-electron chi connectivity index (χ1n) is 4.99. The number of hydrogen-bond donors (Lipinski definition) is 3. The van der Waals surface area contributed by atoms with Gasteiger partial charge in [0.1, 0.15) is 23.2 Å². The summed E-state index contributed by atoms with van der Waals surface area (Å²) in [7, 11) is 0. The number of halogens is 1. The van der Waals surface area contributed by atoms with Crippen molar-refractivity contribution < 1.29 is 14.9 Å². The number of nitrogens with two attached hydrogens (primary N) is 1. The van der Waals surface area contributed by atoms with Crippen LogP contribution >= 0.6 is 15.9 Å². The number of aromatic nitrogens is 2. The molecule has 0 saturated carbocycles. The number of rotatable bonds is 2. The molecule has 7 nitrogen and oxygen atoms in total. The van der Waals surface area contributed by atoms with E-state index in [1.165, 1.54) is 16.8 Å². The van der Waals surface area contributed by atoms with E-state index < -0.39 is 29.1 Å². The molecule has 1 fully saturated rings. The van der Waals surface area contributed by atoms with Crippen LogP contribution in [-0.2, 0) is 4.74 Å². The molecular formula is C9H12BrN3O4. The molecule has 17 heavy (non-hydrogen) atoms. The molecule has 2 rings (SSSR count). The lowest BCUT2D eigenvalue weighted by atomic mass is 10.2. The molecule has 1 saturated heterocycles. The highest BCUT2D eigenvalue weighted by molar-refractivity contribution is 9.09. The van der Waals surface area contributed by atoms with Gasteiger partial charge in [-0.3, -0.25) is 4.57 Å². The van der Waals surface area contributed by atoms with E-state index in [0.717, 1.165) is 0 Å². The topological polar surface area (TPSA) is 111 Å². The van der Waals surface area contributed by atoms with Gasteiger partial charge < -0.3 is 20.7 Å². The number of nitrogens with zero attached hydrogens (tertiary/aromatic N) is 2. The fourth-order valence-electron chi connectivity index (χ4n) is 1.74. The normalized spacial score (nSPS) is 30.4. The third-order valence-corrected chi connectivity index (χ3v) is 3.09. The van der Waals surface area contributed by atoms with E-state index in [1.54, 1.807) is 0 Å². The maximum Gasteiger partial charge on any atom is 0.351 e. The van der Waals surface area contributed by atoms with Gasteiger partial charge in [-0.1, -0.05) is 15.9 Å². The first-order valence-corrected chi connectivity index (χ1v) is 5.91. The first-order chi connectivity index (χ1) is 7.99. The Morgan fingerprint density at radius 3 is 2.94 bits per heavy atom. The van der Waals surface area contributed by atoms with Crippen molar-refractivity contribution in [2.24, 2.45) is 0 Å². The number of aliphatic hydroxyl groups excluding tert-OH is 2. The van der Waals surface area contributed by atoms with Gasteiger partial charge >= 0.3 is 5.69 Å². The summed E-state index contributed by atoms with van der Waals surface area (Å²) in [6.45, 7) is 0. The number of aliphatic hydroxyl groups is 2. The minimum atomic E-state index is -0.986. The smallest absolute Gasteiger partial charge is 0.351 e. The lowest BCUT2D eigenvalue weighted by Crippen LogP contribution is -2.31. The highest BCUT2D eigenvalue weighted by Crippen LogP contribution is 2.30. The Morgan fingerprint density at radius 1 is 1.71 bits per heavy atom. The molecule has 4 N–H and O–H groups in total. The monoisotopic (exact) mass is 305 g/mol. The summed E-state index contributed by atoms with van der Waals surface area (Å²) in [5, 5.41) is 18.0. The van der Waals surface area contributed by atoms with Crippen molar-refractivity contribution in [2.45, 2.75) is 29.9 Å². The van der Waals surface area contributed by atoms with Gasteiger partial charge in [-0.2, -0.15) is 4.98 Å². The minimum Gasteiger partial charge on any atom is -0.390 e. The average Bonchev–Trinajstić information content (AvgIpc) is 2.60. The van der Waals surface area contributed by atoms with Crippen molar-refractivity contribution in [2.75, 3.05) is 5.73 Å². The summed E-state index contributed by atoms with van der Waals surface area (Å²) in [5.74, 6) is 0.127. The van der Waals surface area contributed by atoms with E-state index in [9.17, 15) is 15.0 Å². The second-order valence-corrected chi connectivity index (χ2v) is 4.71. The standard InChI is InChI=1S/C9H12BrN3O4/c10-8(15)7-4(14)3-6(17-7)13-2-1-5(11)12-9(13)16/h1-2,4,6-8,14-15H,3H2,(H2,11,12,16)/t4-,6?,7-,8?/m0/s1. The lowest BCUT2D eigenvalue weighted by Gasteiger charge is -2.16. The Balaban J connectivity index is 2.23. The minimum absolute atomic E-state index is 0.127. The predicted molar refractivity (Wildman–Crippen MR) is 62.4 cm³/mol. The molecule has 0 amide bonds. The van der Waals surface area contributed by atoms with Crippen LogP contribution in [0.5, 0.6) is 0 Å². The quantitative estimate of drug-likeness (QED) is 0.616. The van der Waals surface area contributed by atoms with Crippen LogP contribution in [-0.4, -0.2) is 37.0 Å². The summed E-state index contributed by atoms with van der Waals surface area (Å²) in [6, 6.07) is 1.47. The number of ether oxygens (including phenoxy) is 1. The molecule has 2 heterocycles. The van der Waals surface area contributed by atoms with Crippen LogP contribution in [0.25, 0.3) is 0 Å². The van der Waals surface area contributed by atoms with Crippen molar-refractivity contribution in [3.8, 4) is 0 Å².